The van der Waals surface area contributed by atoms with E-state index < -0.39 is 0 Å². The van der Waals surface area contributed by atoms with Crippen LogP contribution in [0.5, 0.6) is 0 Å². The third kappa shape index (κ3) is 6.82. The minimum absolute atomic E-state index is 0.0230. The summed E-state index contributed by atoms with van der Waals surface area (Å²) < 4.78 is 13.3. The maximum absolute atomic E-state index is 13.3. The van der Waals surface area contributed by atoms with Gasteiger partial charge in [0.1, 0.15) is 5.82 Å². The maximum atomic E-state index is 13.3. The van der Waals surface area contributed by atoms with Crippen molar-refractivity contribution in [3.8, 4) is 0 Å². The molecule has 2 N–H and O–H groups in total. The van der Waals surface area contributed by atoms with E-state index in [4.69, 9.17) is 0 Å². The first kappa shape index (κ1) is 21.2. The summed E-state index contributed by atoms with van der Waals surface area (Å²) in [6.07, 6.45) is 2.96. The van der Waals surface area contributed by atoms with Gasteiger partial charge < -0.3 is 15.5 Å². The van der Waals surface area contributed by atoms with Gasteiger partial charge >= 0.3 is 0 Å². The Labute approximate surface area is 161 Å². The second-order valence-electron chi connectivity index (χ2n) is 7.03. The third-order valence-corrected chi connectivity index (χ3v) is 4.66. The van der Waals surface area contributed by atoms with Gasteiger partial charge in [-0.15, -0.1) is 0 Å². The van der Waals surface area contributed by atoms with Crippen LogP contribution < -0.4 is 10.6 Å². The first-order chi connectivity index (χ1) is 13.0. The molecule has 0 radical (unpaired) electrons. The first-order valence-corrected chi connectivity index (χ1v) is 9.73. The SMILES string of the molecule is CCNC(=NCc1cccc(F)c1)NCCCN1CCCC1C(=O)N(C)C. The van der Waals surface area contributed by atoms with Gasteiger partial charge in [0.15, 0.2) is 5.96 Å². The van der Waals surface area contributed by atoms with Crippen molar-refractivity contribution in [1.29, 1.82) is 0 Å². The molecule has 1 unspecified atom stereocenters. The number of guanidine groups is 1. The van der Waals surface area contributed by atoms with Crippen molar-refractivity contribution < 1.29 is 9.18 Å². The quantitative estimate of drug-likeness (QED) is 0.412. The summed E-state index contributed by atoms with van der Waals surface area (Å²) in [5.74, 6) is 0.683. The summed E-state index contributed by atoms with van der Waals surface area (Å²) in [4.78, 5) is 20.7. The molecule has 150 valence electrons. The number of rotatable bonds is 8. The smallest absolute Gasteiger partial charge is 0.239 e. The van der Waals surface area contributed by atoms with Crippen LogP contribution >= 0.6 is 0 Å². The van der Waals surface area contributed by atoms with Crippen LogP contribution in [0, 0.1) is 5.82 Å². The van der Waals surface area contributed by atoms with Crippen LogP contribution in [0.3, 0.4) is 0 Å². The molecule has 1 saturated heterocycles. The van der Waals surface area contributed by atoms with Crippen molar-refractivity contribution in [2.24, 2.45) is 4.99 Å². The molecule has 27 heavy (non-hydrogen) atoms. The van der Waals surface area contributed by atoms with Crippen LogP contribution in [0.25, 0.3) is 0 Å². The van der Waals surface area contributed by atoms with Crippen molar-refractivity contribution in [1.82, 2.24) is 20.4 Å². The molecule has 0 aromatic heterocycles. The summed E-state index contributed by atoms with van der Waals surface area (Å²) in [7, 11) is 3.64. The highest BCUT2D eigenvalue weighted by molar-refractivity contribution is 5.81. The number of amides is 1. The monoisotopic (exact) mass is 377 g/mol. The Balaban J connectivity index is 1.78. The molecule has 1 aromatic rings. The third-order valence-electron chi connectivity index (χ3n) is 4.66. The fourth-order valence-corrected chi connectivity index (χ4v) is 3.31. The Morgan fingerprint density at radius 3 is 2.89 bits per heavy atom. The number of carbonyl (C=O) groups is 1. The molecule has 2 rings (SSSR count). The van der Waals surface area contributed by atoms with E-state index in [0.717, 1.165) is 57.0 Å². The number of hydrogen-bond donors (Lipinski definition) is 2. The van der Waals surface area contributed by atoms with E-state index in [2.05, 4.69) is 20.5 Å². The van der Waals surface area contributed by atoms with Crippen molar-refractivity contribution in [3.05, 3.63) is 35.6 Å². The van der Waals surface area contributed by atoms with E-state index in [1.807, 2.05) is 27.1 Å². The van der Waals surface area contributed by atoms with E-state index in [1.165, 1.54) is 12.1 Å². The standard InChI is InChI=1S/C20H32FN5O/c1-4-22-20(24-15-16-8-5-9-17(21)14-16)23-11-7-13-26-12-6-10-18(26)19(27)25(2)3/h5,8-9,14,18H,4,6-7,10-13,15H2,1-3H3,(H2,22,23,24). The van der Waals surface area contributed by atoms with Crippen molar-refractivity contribution >= 4 is 11.9 Å². The van der Waals surface area contributed by atoms with E-state index in [1.54, 1.807) is 11.0 Å². The van der Waals surface area contributed by atoms with Crippen molar-refractivity contribution in [3.63, 3.8) is 0 Å². The van der Waals surface area contributed by atoms with Crippen LogP contribution in [-0.4, -0.2) is 68.0 Å². The van der Waals surface area contributed by atoms with Crippen molar-refractivity contribution in [2.75, 3.05) is 40.3 Å². The second kappa shape index (κ2) is 10.9. The molecule has 0 spiro atoms. The molecule has 7 heteroatoms. The van der Waals surface area contributed by atoms with Crippen LogP contribution in [0.4, 0.5) is 4.39 Å². The maximum Gasteiger partial charge on any atom is 0.239 e. The lowest BCUT2D eigenvalue weighted by Gasteiger charge is -2.26. The topological polar surface area (TPSA) is 60.0 Å². The normalized spacial score (nSPS) is 17.8. The van der Waals surface area contributed by atoms with E-state index in [0.29, 0.717) is 6.54 Å². The van der Waals surface area contributed by atoms with Gasteiger partial charge in [0.05, 0.1) is 12.6 Å². The van der Waals surface area contributed by atoms with Crippen LogP contribution in [-0.2, 0) is 11.3 Å². The van der Waals surface area contributed by atoms with E-state index in [-0.39, 0.29) is 17.8 Å². The Morgan fingerprint density at radius 2 is 2.19 bits per heavy atom. The largest absolute Gasteiger partial charge is 0.357 e. The zero-order chi connectivity index (χ0) is 19.6. The van der Waals surface area contributed by atoms with Gasteiger partial charge in [0, 0.05) is 33.7 Å². The molecule has 0 bridgehead atoms. The molecule has 6 nitrogen and oxygen atoms in total. The number of likely N-dealkylation sites (tertiary alicyclic amines) is 1. The first-order valence-electron chi connectivity index (χ1n) is 9.73. The Bertz CT molecular complexity index is 635. The Morgan fingerprint density at radius 1 is 1.37 bits per heavy atom. The highest BCUT2D eigenvalue weighted by atomic mass is 19.1. The fraction of sp³-hybridized carbons (Fsp3) is 0.600. The van der Waals surface area contributed by atoms with Gasteiger partial charge in [-0.05, 0) is 50.4 Å². The summed E-state index contributed by atoms with van der Waals surface area (Å²) >= 11 is 0. The molecule has 1 aromatic carbocycles. The lowest BCUT2D eigenvalue weighted by atomic mass is 10.2. The number of likely N-dealkylation sites (N-methyl/N-ethyl adjacent to an activating group) is 1. The molecular formula is C20H32FN5O. The molecule has 1 aliphatic heterocycles. The number of aliphatic imine (C=N–C) groups is 1. The van der Waals surface area contributed by atoms with E-state index in [9.17, 15) is 9.18 Å². The highest BCUT2D eigenvalue weighted by Crippen LogP contribution is 2.18. The minimum atomic E-state index is -0.243. The lowest BCUT2D eigenvalue weighted by molar-refractivity contribution is -0.133. The summed E-state index contributed by atoms with van der Waals surface area (Å²) in [6.45, 7) is 5.85. The fourth-order valence-electron chi connectivity index (χ4n) is 3.31. The molecule has 0 aliphatic carbocycles. The van der Waals surface area contributed by atoms with Gasteiger partial charge in [-0.1, -0.05) is 12.1 Å². The summed E-state index contributed by atoms with van der Waals surface area (Å²) in [5.41, 5.74) is 0.842. The number of halogens is 1. The summed E-state index contributed by atoms with van der Waals surface area (Å²) in [6, 6.07) is 6.52. The number of carbonyl (C=O) groups excluding carboxylic acids is 1. The molecule has 1 atom stereocenters. The van der Waals surface area contributed by atoms with Crippen LogP contribution in [0.2, 0.25) is 0 Å². The zero-order valence-electron chi connectivity index (χ0n) is 16.7. The van der Waals surface area contributed by atoms with Gasteiger partial charge in [-0.3, -0.25) is 9.69 Å². The molecule has 1 heterocycles. The zero-order valence-corrected chi connectivity index (χ0v) is 16.7. The van der Waals surface area contributed by atoms with Crippen LogP contribution in [0.15, 0.2) is 29.3 Å². The predicted octanol–water partition coefficient (Wildman–Crippen LogP) is 1.82. The van der Waals surface area contributed by atoms with Gasteiger partial charge in [0.2, 0.25) is 5.91 Å². The molecular weight excluding hydrogens is 345 g/mol. The molecule has 1 aliphatic rings. The Hall–Kier alpha value is -2.15. The number of nitrogens with zero attached hydrogens (tertiary/aromatic N) is 3. The number of nitrogens with one attached hydrogen (secondary N) is 2. The van der Waals surface area contributed by atoms with Crippen LogP contribution in [0.1, 0.15) is 31.7 Å². The molecule has 1 fully saturated rings. The summed E-state index contributed by atoms with van der Waals surface area (Å²) in [5, 5.41) is 6.53. The van der Waals surface area contributed by atoms with Gasteiger partial charge in [0.25, 0.3) is 0 Å². The molecule has 0 saturated carbocycles. The average molecular weight is 378 g/mol. The average Bonchev–Trinajstić information content (AvgIpc) is 3.10. The van der Waals surface area contributed by atoms with Gasteiger partial charge in [-0.2, -0.15) is 0 Å². The highest BCUT2D eigenvalue weighted by Gasteiger charge is 2.30. The minimum Gasteiger partial charge on any atom is -0.357 e. The van der Waals surface area contributed by atoms with Gasteiger partial charge in [-0.25, -0.2) is 9.38 Å². The lowest BCUT2D eigenvalue weighted by Crippen LogP contribution is -2.44. The Kier molecular flexibility index (Phi) is 8.51. The number of benzene rings is 1. The second-order valence-corrected chi connectivity index (χ2v) is 7.03. The van der Waals surface area contributed by atoms with E-state index >= 15 is 0 Å². The molecule has 1 amide bonds. The predicted molar refractivity (Wildman–Crippen MR) is 107 cm³/mol. The van der Waals surface area contributed by atoms with Crippen molar-refractivity contribution in [2.45, 2.75) is 38.8 Å². The number of hydrogen-bond acceptors (Lipinski definition) is 3.